The van der Waals surface area contributed by atoms with Gasteiger partial charge < -0.3 is 10.0 Å². The Hall–Kier alpha value is -1.62. The number of hydrogen-bond acceptors (Lipinski definition) is 3. The summed E-state index contributed by atoms with van der Waals surface area (Å²) in [6.45, 7) is 0. The van der Waals surface area contributed by atoms with Crippen molar-refractivity contribution in [3.8, 4) is 0 Å². The summed E-state index contributed by atoms with van der Waals surface area (Å²) in [5, 5.41) is 9.58. The molecule has 21 heavy (non-hydrogen) atoms. The number of aliphatic carboxylic acids is 1. The van der Waals surface area contributed by atoms with Crippen LogP contribution in [0.3, 0.4) is 0 Å². The zero-order valence-corrected chi connectivity index (χ0v) is 12.3. The van der Waals surface area contributed by atoms with E-state index in [1.54, 1.807) is 12.1 Å². The summed E-state index contributed by atoms with van der Waals surface area (Å²) in [6.07, 6.45) is 6.09. The molecule has 0 radical (unpaired) electrons. The number of pyridine rings is 1. The first-order valence-corrected chi connectivity index (χ1v) is 7.63. The molecule has 0 spiro atoms. The number of fused-ring (bicyclic) bond motifs is 1. The third-order valence-corrected chi connectivity index (χ3v) is 4.90. The number of carbonyl (C=O) groups is 2. The Morgan fingerprint density at radius 3 is 2.81 bits per heavy atom. The molecule has 1 aliphatic carbocycles. The van der Waals surface area contributed by atoms with Crippen LogP contribution in [0.2, 0.25) is 5.15 Å². The summed E-state index contributed by atoms with van der Waals surface area (Å²) >= 11 is 5.99. The predicted molar refractivity (Wildman–Crippen MR) is 77.2 cm³/mol. The molecule has 112 valence electrons. The van der Waals surface area contributed by atoms with Crippen molar-refractivity contribution in [3.05, 3.63) is 29.0 Å². The first kappa shape index (κ1) is 14.3. The predicted octanol–water partition coefficient (Wildman–Crippen LogP) is 2.59. The molecule has 5 nitrogen and oxygen atoms in total. The molecule has 1 aromatic heterocycles. The summed E-state index contributed by atoms with van der Waals surface area (Å²) in [7, 11) is 0. The Morgan fingerprint density at radius 1 is 1.33 bits per heavy atom. The number of carboxylic acids is 1. The lowest BCUT2D eigenvalue weighted by Gasteiger charge is -2.33. The third-order valence-electron chi connectivity index (χ3n) is 4.60. The Kier molecular flexibility index (Phi) is 3.85. The second-order valence-corrected chi connectivity index (χ2v) is 6.11. The average Bonchev–Trinajstić information content (AvgIpc) is 2.86. The van der Waals surface area contributed by atoms with Gasteiger partial charge >= 0.3 is 5.97 Å². The second kappa shape index (κ2) is 5.64. The molecular weight excluding hydrogens is 292 g/mol. The molecule has 3 atom stereocenters. The molecule has 1 aromatic rings. The largest absolute Gasteiger partial charge is 0.480 e. The first-order chi connectivity index (χ1) is 10.1. The van der Waals surface area contributed by atoms with Crippen molar-refractivity contribution >= 4 is 23.5 Å². The molecular formula is C15H17ClN2O3. The summed E-state index contributed by atoms with van der Waals surface area (Å²) in [6, 6.07) is 2.52. The number of aromatic nitrogens is 1. The van der Waals surface area contributed by atoms with Gasteiger partial charge in [0.05, 0.1) is 5.56 Å². The van der Waals surface area contributed by atoms with Gasteiger partial charge in [-0.1, -0.05) is 24.4 Å². The number of rotatable bonds is 2. The lowest BCUT2D eigenvalue weighted by molar-refractivity contribution is -0.141. The number of carbonyl (C=O) groups excluding carboxylic acids is 1. The van der Waals surface area contributed by atoms with E-state index in [9.17, 15) is 14.7 Å². The Labute approximate surface area is 127 Å². The van der Waals surface area contributed by atoms with Gasteiger partial charge in [-0.25, -0.2) is 9.78 Å². The van der Waals surface area contributed by atoms with Crippen molar-refractivity contribution in [1.29, 1.82) is 0 Å². The van der Waals surface area contributed by atoms with Crippen LogP contribution in [0, 0.1) is 5.92 Å². The van der Waals surface area contributed by atoms with E-state index >= 15 is 0 Å². The zero-order chi connectivity index (χ0) is 15.0. The summed E-state index contributed by atoms with van der Waals surface area (Å²) < 4.78 is 0. The van der Waals surface area contributed by atoms with E-state index in [4.69, 9.17) is 11.6 Å². The summed E-state index contributed by atoms with van der Waals surface area (Å²) in [5.41, 5.74) is 0.289. The highest BCUT2D eigenvalue weighted by molar-refractivity contribution is 6.32. The quantitative estimate of drug-likeness (QED) is 0.853. The van der Waals surface area contributed by atoms with Gasteiger partial charge in [0.25, 0.3) is 5.91 Å². The molecule has 2 aliphatic rings. The monoisotopic (exact) mass is 308 g/mol. The van der Waals surface area contributed by atoms with Crippen LogP contribution in [0.1, 0.15) is 42.5 Å². The zero-order valence-electron chi connectivity index (χ0n) is 11.5. The van der Waals surface area contributed by atoms with Gasteiger partial charge in [-0.15, -0.1) is 0 Å². The Morgan fingerprint density at radius 2 is 2.10 bits per heavy atom. The van der Waals surface area contributed by atoms with Gasteiger partial charge in [0, 0.05) is 12.2 Å². The van der Waals surface area contributed by atoms with Crippen molar-refractivity contribution in [2.45, 2.75) is 44.2 Å². The molecule has 1 aliphatic heterocycles. The minimum Gasteiger partial charge on any atom is -0.480 e. The van der Waals surface area contributed by atoms with Crippen LogP contribution in [-0.4, -0.2) is 39.0 Å². The van der Waals surface area contributed by atoms with Gasteiger partial charge in [0.2, 0.25) is 0 Å². The van der Waals surface area contributed by atoms with Gasteiger partial charge in [-0.05, 0) is 37.3 Å². The number of carboxylic acid groups (broad SMARTS) is 1. The molecule has 1 saturated carbocycles. The van der Waals surface area contributed by atoms with Crippen LogP contribution < -0.4 is 0 Å². The van der Waals surface area contributed by atoms with E-state index in [1.807, 2.05) is 0 Å². The molecule has 1 amide bonds. The number of nitrogens with zero attached hydrogens (tertiary/aromatic N) is 2. The van der Waals surface area contributed by atoms with Gasteiger partial charge in [-0.3, -0.25) is 4.79 Å². The average molecular weight is 309 g/mol. The van der Waals surface area contributed by atoms with Crippen LogP contribution in [0.4, 0.5) is 0 Å². The van der Waals surface area contributed by atoms with Gasteiger partial charge in [-0.2, -0.15) is 0 Å². The van der Waals surface area contributed by atoms with Crippen molar-refractivity contribution in [1.82, 2.24) is 9.88 Å². The standard InChI is InChI=1S/C15H17ClN2O3/c16-13-10(5-3-7-17-13)14(19)18-11-6-2-1-4-9(11)8-12(18)15(20)21/h3,5,7,9,11-12H,1-2,4,6,8H2,(H,20,21)/t9-,11-,12+/m1/s1. The van der Waals surface area contributed by atoms with E-state index < -0.39 is 12.0 Å². The first-order valence-electron chi connectivity index (χ1n) is 7.25. The van der Waals surface area contributed by atoms with Crippen LogP contribution >= 0.6 is 11.6 Å². The highest BCUT2D eigenvalue weighted by Gasteiger charge is 2.47. The van der Waals surface area contributed by atoms with E-state index in [0.717, 1.165) is 25.7 Å². The molecule has 3 rings (SSSR count). The third kappa shape index (κ3) is 2.50. The normalized spacial score (nSPS) is 28.2. The number of likely N-dealkylation sites (tertiary alicyclic amines) is 1. The smallest absolute Gasteiger partial charge is 0.326 e. The maximum Gasteiger partial charge on any atom is 0.326 e. The summed E-state index contributed by atoms with van der Waals surface area (Å²) in [4.78, 5) is 29.8. The topological polar surface area (TPSA) is 70.5 Å². The fraction of sp³-hybridized carbons (Fsp3) is 0.533. The Bertz CT molecular complexity index is 578. The number of hydrogen-bond donors (Lipinski definition) is 1. The summed E-state index contributed by atoms with van der Waals surface area (Å²) in [5.74, 6) is -0.952. The van der Waals surface area contributed by atoms with Crippen molar-refractivity contribution in [2.24, 2.45) is 5.92 Å². The highest BCUT2D eigenvalue weighted by atomic mass is 35.5. The lowest BCUT2D eigenvalue weighted by Crippen LogP contribution is -2.46. The van der Waals surface area contributed by atoms with Crippen LogP contribution in [-0.2, 0) is 4.79 Å². The minimum absolute atomic E-state index is 0.0172. The van der Waals surface area contributed by atoms with Crippen molar-refractivity contribution in [3.63, 3.8) is 0 Å². The van der Waals surface area contributed by atoms with E-state index in [1.165, 1.54) is 11.1 Å². The number of halogens is 1. The van der Waals surface area contributed by atoms with Crippen LogP contribution in [0.25, 0.3) is 0 Å². The van der Waals surface area contributed by atoms with Crippen LogP contribution in [0.5, 0.6) is 0 Å². The molecule has 0 bridgehead atoms. The van der Waals surface area contributed by atoms with Crippen molar-refractivity contribution in [2.75, 3.05) is 0 Å². The molecule has 1 N–H and O–H groups in total. The highest BCUT2D eigenvalue weighted by Crippen LogP contribution is 2.40. The van der Waals surface area contributed by atoms with E-state index in [-0.39, 0.29) is 22.7 Å². The van der Waals surface area contributed by atoms with E-state index in [0.29, 0.717) is 12.3 Å². The molecule has 0 unspecified atom stereocenters. The Balaban J connectivity index is 1.95. The molecule has 2 fully saturated rings. The molecule has 6 heteroatoms. The van der Waals surface area contributed by atoms with E-state index in [2.05, 4.69) is 4.98 Å². The molecule has 1 saturated heterocycles. The van der Waals surface area contributed by atoms with Crippen LogP contribution in [0.15, 0.2) is 18.3 Å². The maximum absolute atomic E-state index is 12.8. The maximum atomic E-state index is 12.8. The van der Waals surface area contributed by atoms with Gasteiger partial charge in [0.1, 0.15) is 11.2 Å². The number of amides is 1. The fourth-order valence-electron chi connectivity index (χ4n) is 3.66. The fourth-order valence-corrected chi connectivity index (χ4v) is 3.86. The van der Waals surface area contributed by atoms with Crippen molar-refractivity contribution < 1.29 is 14.7 Å². The SMILES string of the molecule is O=C(O)[C@@H]1C[C@H]2CCCC[C@H]2N1C(=O)c1cccnc1Cl. The lowest BCUT2D eigenvalue weighted by atomic mass is 9.84. The van der Waals surface area contributed by atoms with Gasteiger partial charge in [0.15, 0.2) is 0 Å². The molecule has 2 heterocycles. The molecule has 0 aromatic carbocycles. The second-order valence-electron chi connectivity index (χ2n) is 5.76. The minimum atomic E-state index is -0.933.